The van der Waals surface area contributed by atoms with Crippen LogP contribution in [0.3, 0.4) is 0 Å². The first-order valence-corrected chi connectivity index (χ1v) is 8.33. The zero-order valence-corrected chi connectivity index (χ0v) is 13.6. The Morgan fingerprint density at radius 1 is 1.23 bits per heavy atom. The largest absolute Gasteiger partial charge is 0.458 e. The third-order valence-electron chi connectivity index (χ3n) is 4.79. The number of Topliss-reactive ketones (excluding diaryl/α,β-unsaturated/α-hetero) is 1. The van der Waals surface area contributed by atoms with Gasteiger partial charge in [-0.1, -0.05) is 50.6 Å². The Balaban J connectivity index is 2.17. The fourth-order valence-electron chi connectivity index (χ4n) is 3.38. The lowest BCUT2D eigenvalue weighted by Crippen LogP contribution is -2.41. The monoisotopic (exact) mass is 302 g/mol. The summed E-state index contributed by atoms with van der Waals surface area (Å²) in [5, 5.41) is 0. The van der Waals surface area contributed by atoms with Crippen LogP contribution in [0.4, 0.5) is 0 Å². The topological polar surface area (TPSA) is 43.4 Å². The van der Waals surface area contributed by atoms with Gasteiger partial charge in [-0.25, -0.2) is 0 Å². The average molecular weight is 302 g/mol. The van der Waals surface area contributed by atoms with Crippen molar-refractivity contribution in [3.05, 3.63) is 35.9 Å². The lowest BCUT2D eigenvalue weighted by molar-refractivity contribution is -0.165. The molecule has 1 aromatic rings. The number of benzene rings is 1. The summed E-state index contributed by atoms with van der Waals surface area (Å²) in [4.78, 5) is 23.7. The van der Waals surface area contributed by atoms with Gasteiger partial charge in [-0.05, 0) is 37.2 Å². The van der Waals surface area contributed by atoms with Crippen molar-refractivity contribution in [2.75, 3.05) is 0 Å². The summed E-state index contributed by atoms with van der Waals surface area (Å²) >= 11 is 0. The summed E-state index contributed by atoms with van der Waals surface area (Å²) in [6.07, 6.45) is 4.77. The molecule has 0 bridgehead atoms. The van der Waals surface area contributed by atoms with Crippen LogP contribution in [-0.4, -0.2) is 17.4 Å². The van der Waals surface area contributed by atoms with E-state index in [9.17, 15) is 9.59 Å². The number of hydrogen-bond acceptors (Lipinski definition) is 3. The first kappa shape index (κ1) is 16.7. The second-order valence-corrected chi connectivity index (χ2v) is 6.43. The van der Waals surface area contributed by atoms with Crippen LogP contribution in [0.1, 0.15) is 57.9 Å². The first-order chi connectivity index (χ1) is 10.6. The maximum Gasteiger partial charge on any atom is 0.313 e. The van der Waals surface area contributed by atoms with Crippen LogP contribution in [0.15, 0.2) is 30.3 Å². The molecule has 1 saturated heterocycles. The predicted octanol–water partition coefficient (Wildman–Crippen LogP) is 4.09. The summed E-state index contributed by atoms with van der Waals surface area (Å²) < 4.78 is 5.85. The molecule has 0 aliphatic carbocycles. The fraction of sp³-hybridized carbons (Fsp3) is 0.579. The normalized spacial score (nSPS) is 23.7. The summed E-state index contributed by atoms with van der Waals surface area (Å²) in [6, 6.07) is 10.3. The van der Waals surface area contributed by atoms with Crippen molar-refractivity contribution in [1.82, 2.24) is 0 Å². The standard InChI is InChI=1S/C19H26O3/c1-3-7-15(2)19(12-10-16-8-5-4-6-9-16)13-11-17(20)14-18(21)22-19/h4-6,8-9,15H,3,7,10-14H2,1-2H3. The van der Waals surface area contributed by atoms with E-state index in [4.69, 9.17) is 4.74 Å². The van der Waals surface area contributed by atoms with Crippen LogP contribution in [0.5, 0.6) is 0 Å². The van der Waals surface area contributed by atoms with Crippen LogP contribution >= 0.6 is 0 Å². The number of esters is 1. The molecule has 1 aromatic carbocycles. The molecule has 0 amide bonds. The number of hydrogen-bond donors (Lipinski definition) is 0. The van der Waals surface area contributed by atoms with Gasteiger partial charge in [-0.2, -0.15) is 0 Å². The Labute approximate surface area is 133 Å². The van der Waals surface area contributed by atoms with Crippen molar-refractivity contribution in [2.24, 2.45) is 5.92 Å². The molecule has 120 valence electrons. The van der Waals surface area contributed by atoms with Crippen LogP contribution in [0, 0.1) is 5.92 Å². The van der Waals surface area contributed by atoms with Crippen molar-refractivity contribution >= 4 is 11.8 Å². The molecule has 0 aromatic heterocycles. The highest BCUT2D eigenvalue weighted by atomic mass is 16.6. The molecule has 0 N–H and O–H groups in total. The van der Waals surface area contributed by atoms with E-state index in [0.717, 1.165) is 25.7 Å². The minimum absolute atomic E-state index is 0.00952. The van der Waals surface area contributed by atoms with Gasteiger partial charge in [-0.3, -0.25) is 9.59 Å². The molecular formula is C19H26O3. The van der Waals surface area contributed by atoms with E-state index in [1.807, 2.05) is 18.2 Å². The van der Waals surface area contributed by atoms with E-state index in [-0.39, 0.29) is 24.1 Å². The van der Waals surface area contributed by atoms with Gasteiger partial charge in [0.05, 0.1) is 0 Å². The van der Waals surface area contributed by atoms with Crippen molar-refractivity contribution in [3.8, 4) is 0 Å². The second-order valence-electron chi connectivity index (χ2n) is 6.43. The number of cyclic esters (lactones) is 1. The molecule has 0 spiro atoms. The second kappa shape index (κ2) is 7.57. The van der Waals surface area contributed by atoms with Gasteiger partial charge in [0.1, 0.15) is 17.8 Å². The zero-order chi connectivity index (χ0) is 16.0. The molecule has 2 rings (SSSR count). The molecule has 3 heteroatoms. The van der Waals surface area contributed by atoms with Gasteiger partial charge in [0.15, 0.2) is 0 Å². The average Bonchev–Trinajstić information content (AvgIpc) is 2.65. The predicted molar refractivity (Wildman–Crippen MR) is 86.5 cm³/mol. The third kappa shape index (κ3) is 4.19. The number of ether oxygens (including phenoxy) is 1. The van der Waals surface area contributed by atoms with Gasteiger partial charge in [0, 0.05) is 6.42 Å². The Morgan fingerprint density at radius 2 is 1.95 bits per heavy atom. The molecule has 1 aliphatic rings. The summed E-state index contributed by atoms with van der Waals surface area (Å²) in [5.41, 5.74) is 0.756. The smallest absolute Gasteiger partial charge is 0.313 e. The van der Waals surface area contributed by atoms with Gasteiger partial charge >= 0.3 is 5.97 Å². The van der Waals surface area contributed by atoms with Crippen molar-refractivity contribution in [1.29, 1.82) is 0 Å². The molecule has 0 saturated carbocycles. The molecule has 0 radical (unpaired) electrons. The van der Waals surface area contributed by atoms with E-state index in [1.165, 1.54) is 5.56 Å². The van der Waals surface area contributed by atoms with Crippen LogP contribution in [-0.2, 0) is 20.7 Å². The van der Waals surface area contributed by atoms with E-state index < -0.39 is 5.60 Å². The molecule has 1 fully saturated rings. The minimum atomic E-state index is -0.491. The number of aryl methyl sites for hydroxylation is 1. The fourth-order valence-corrected chi connectivity index (χ4v) is 3.38. The first-order valence-electron chi connectivity index (χ1n) is 8.33. The summed E-state index contributed by atoms with van der Waals surface area (Å²) in [7, 11) is 0. The maximum atomic E-state index is 12.0. The Hall–Kier alpha value is -1.64. The molecular weight excluding hydrogens is 276 g/mol. The van der Waals surface area contributed by atoms with Crippen molar-refractivity contribution in [2.45, 2.75) is 64.4 Å². The van der Waals surface area contributed by atoms with E-state index in [2.05, 4.69) is 26.0 Å². The highest BCUT2D eigenvalue weighted by molar-refractivity contribution is 5.96. The molecule has 22 heavy (non-hydrogen) atoms. The third-order valence-corrected chi connectivity index (χ3v) is 4.79. The van der Waals surface area contributed by atoms with Gasteiger partial charge in [0.2, 0.25) is 0 Å². The number of ketones is 1. The lowest BCUT2D eigenvalue weighted by Gasteiger charge is -2.38. The highest BCUT2D eigenvalue weighted by Crippen LogP contribution is 2.37. The Bertz CT molecular complexity index is 509. The molecule has 1 heterocycles. The van der Waals surface area contributed by atoms with Gasteiger partial charge < -0.3 is 4.74 Å². The van der Waals surface area contributed by atoms with Crippen LogP contribution in [0.2, 0.25) is 0 Å². The van der Waals surface area contributed by atoms with Crippen LogP contribution < -0.4 is 0 Å². The van der Waals surface area contributed by atoms with E-state index in [1.54, 1.807) is 0 Å². The summed E-state index contributed by atoms with van der Waals surface area (Å²) in [5.74, 6) is -0.0649. The van der Waals surface area contributed by atoms with E-state index >= 15 is 0 Å². The minimum Gasteiger partial charge on any atom is -0.458 e. The molecule has 3 nitrogen and oxygen atoms in total. The van der Waals surface area contributed by atoms with E-state index in [0.29, 0.717) is 12.8 Å². The molecule has 1 aliphatic heterocycles. The molecule has 2 unspecified atom stereocenters. The van der Waals surface area contributed by atoms with Crippen molar-refractivity contribution < 1.29 is 14.3 Å². The summed E-state index contributed by atoms with van der Waals surface area (Å²) in [6.45, 7) is 4.29. The number of carbonyl (C=O) groups is 2. The zero-order valence-electron chi connectivity index (χ0n) is 13.6. The SMILES string of the molecule is CCCC(C)C1(CCc2ccccc2)CCC(=O)CC(=O)O1. The number of rotatable bonds is 6. The lowest BCUT2D eigenvalue weighted by atomic mass is 9.77. The highest BCUT2D eigenvalue weighted by Gasteiger charge is 2.41. The quantitative estimate of drug-likeness (QED) is 0.587. The van der Waals surface area contributed by atoms with Crippen molar-refractivity contribution in [3.63, 3.8) is 0 Å². The maximum absolute atomic E-state index is 12.0. The van der Waals surface area contributed by atoms with Crippen LogP contribution in [0.25, 0.3) is 0 Å². The van der Waals surface area contributed by atoms with Gasteiger partial charge in [-0.15, -0.1) is 0 Å². The molecule has 2 atom stereocenters. The number of carbonyl (C=O) groups excluding carboxylic acids is 2. The Kier molecular flexibility index (Phi) is 5.76. The Morgan fingerprint density at radius 3 is 2.64 bits per heavy atom. The van der Waals surface area contributed by atoms with Gasteiger partial charge in [0.25, 0.3) is 0 Å².